The Morgan fingerprint density at radius 2 is 2.10 bits per heavy atom. The second-order valence-electron chi connectivity index (χ2n) is 5.00. The van der Waals surface area contributed by atoms with E-state index in [4.69, 9.17) is 11.6 Å². The van der Waals surface area contributed by atoms with Gasteiger partial charge in [0.25, 0.3) is 0 Å². The van der Waals surface area contributed by atoms with E-state index in [-0.39, 0.29) is 5.38 Å². The molecule has 1 aromatic carbocycles. The number of fused-ring (bicyclic) bond motifs is 1. The van der Waals surface area contributed by atoms with Crippen molar-refractivity contribution < 1.29 is 0 Å². The molecule has 3 aromatic rings. The molecule has 5 heteroatoms. The van der Waals surface area contributed by atoms with Crippen molar-refractivity contribution in [1.29, 1.82) is 0 Å². The molecule has 2 aromatic heterocycles. The number of alkyl halides is 1. The number of halogens is 1. The van der Waals surface area contributed by atoms with Crippen molar-refractivity contribution in [3.63, 3.8) is 0 Å². The molecule has 20 heavy (non-hydrogen) atoms. The zero-order chi connectivity index (χ0) is 14.1. The number of nitrogens with zero attached hydrogens (tertiary/aromatic N) is 4. The summed E-state index contributed by atoms with van der Waals surface area (Å²) in [6.45, 7) is 2.82. The van der Waals surface area contributed by atoms with Gasteiger partial charge in [0.05, 0.1) is 22.6 Å². The molecule has 0 amide bonds. The average Bonchev–Trinajstić information content (AvgIpc) is 3.00. The Kier molecular flexibility index (Phi) is 3.49. The van der Waals surface area contributed by atoms with E-state index >= 15 is 0 Å². The maximum Gasteiger partial charge on any atom is 0.127 e. The Morgan fingerprint density at radius 3 is 2.80 bits per heavy atom. The monoisotopic (exact) mass is 288 g/mol. The van der Waals surface area contributed by atoms with E-state index in [1.807, 2.05) is 49.2 Å². The summed E-state index contributed by atoms with van der Waals surface area (Å²) in [6.07, 6.45) is 4.87. The molecule has 0 spiro atoms. The van der Waals surface area contributed by atoms with Gasteiger partial charge in [-0.1, -0.05) is 12.1 Å². The lowest BCUT2D eigenvalue weighted by atomic mass is 10.2. The molecule has 0 N–H and O–H groups in total. The first kappa shape index (κ1) is 13.2. The summed E-state index contributed by atoms with van der Waals surface area (Å²) >= 11 is 6.27. The molecule has 0 aliphatic rings. The van der Waals surface area contributed by atoms with Crippen LogP contribution in [-0.2, 0) is 20.0 Å². The Hall–Kier alpha value is -1.81. The Morgan fingerprint density at radius 1 is 1.30 bits per heavy atom. The highest BCUT2D eigenvalue weighted by Gasteiger charge is 2.14. The number of aromatic nitrogens is 4. The minimum absolute atomic E-state index is 0.101. The molecule has 104 valence electrons. The molecule has 3 rings (SSSR count). The van der Waals surface area contributed by atoms with Crippen LogP contribution in [0.15, 0.2) is 36.7 Å². The number of para-hydroxylation sites is 2. The minimum atomic E-state index is -0.101. The maximum atomic E-state index is 6.27. The highest BCUT2D eigenvalue weighted by Crippen LogP contribution is 2.24. The van der Waals surface area contributed by atoms with Gasteiger partial charge >= 0.3 is 0 Å². The molecule has 4 nitrogen and oxygen atoms in total. The van der Waals surface area contributed by atoms with Crippen molar-refractivity contribution in [1.82, 2.24) is 19.3 Å². The number of aryl methyl sites for hydroxylation is 3. The van der Waals surface area contributed by atoms with Crippen molar-refractivity contribution in [3.05, 3.63) is 48.0 Å². The topological polar surface area (TPSA) is 35.6 Å². The van der Waals surface area contributed by atoms with Gasteiger partial charge in [0.15, 0.2) is 0 Å². The summed E-state index contributed by atoms with van der Waals surface area (Å²) in [4.78, 5) is 4.64. The molecule has 0 aliphatic carbocycles. The van der Waals surface area contributed by atoms with Crippen LogP contribution in [0.5, 0.6) is 0 Å². The zero-order valence-corrected chi connectivity index (χ0v) is 12.4. The van der Waals surface area contributed by atoms with Gasteiger partial charge in [0.2, 0.25) is 0 Å². The van der Waals surface area contributed by atoms with E-state index in [0.29, 0.717) is 0 Å². The van der Waals surface area contributed by atoms with Crippen molar-refractivity contribution in [2.75, 3.05) is 0 Å². The average molecular weight is 289 g/mol. The van der Waals surface area contributed by atoms with Crippen LogP contribution in [0.25, 0.3) is 11.0 Å². The Bertz CT molecular complexity index is 726. The van der Waals surface area contributed by atoms with Gasteiger partial charge in [-0.05, 0) is 31.0 Å². The van der Waals surface area contributed by atoms with Gasteiger partial charge in [-0.3, -0.25) is 4.68 Å². The summed E-state index contributed by atoms with van der Waals surface area (Å²) < 4.78 is 4.03. The fourth-order valence-electron chi connectivity index (χ4n) is 2.47. The van der Waals surface area contributed by atoms with Gasteiger partial charge in [0.1, 0.15) is 5.82 Å². The minimum Gasteiger partial charge on any atom is -0.326 e. The van der Waals surface area contributed by atoms with Crippen LogP contribution >= 0.6 is 11.6 Å². The van der Waals surface area contributed by atoms with E-state index in [1.165, 1.54) is 5.56 Å². The molecule has 0 aliphatic heterocycles. The van der Waals surface area contributed by atoms with Crippen LogP contribution in [0.3, 0.4) is 0 Å². The van der Waals surface area contributed by atoms with Crippen LogP contribution in [0.1, 0.15) is 23.7 Å². The van der Waals surface area contributed by atoms with Gasteiger partial charge in [-0.15, -0.1) is 11.6 Å². The first-order valence-electron chi connectivity index (χ1n) is 6.72. The molecular formula is C15H17ClN4. The standard InChI is InChI=1S/C15H17ClN4/c1-11(16)15-18-13-5-3-4-6-14(13)20(15)8-7-12-9-17-19(2)10-12/h3-6,9-11H,7-8H2,1-2H3. The zero-order valence-electron chi connectivity index (χ0n) is 11.6. The summed E-state index contributed by atoms with van der Waals surface area (Å²) in [5.74, 6) is 0.928. The lowest BCUT2D eigenvalue weighted by Gasteiger charge is -2.09. The Balaban J connectivity index is 1.94. The van der Waals surface area contributed by atoms with Gasteiger partial charge in [0, 0.05) is 19.8 Å². The second-order valence-corrected chi connectivity index (χ2v) is 5.65. The van der Waals surface area contributed by atoms with Crippen LogP contribution in [0, 0.1) is 0 Å². The molecule has 1 unspecified atom stereocenters. The van der Waals surface area contributed by atoms with Crippen LogP contribution < -0.4 is 0 Å². The van der Waals surface area contributed by atoms with Crippen LogP contribution in [0.4, 0.5) is 0 Å². The van der Waals surface area contributed by atoms with E-state index < -0.39 is 0 Å². The quantitative estimate of drug-likeness (QED) is 0.691. The van der Waals surface area contributed by atoms with Gasteiger partial charge < -0.3 is 4.57 Å². The third-order valence-electron chi connectivity index (χ3n) is 3.42. The fraction of sp³-hybridized carbons (Fsp3) is 0.333. The molecule has 1 atom stereocenters. The first-order valence-corrected chi connectivity index (χ1v) is 7.15. The predicted molar refractivity (Wildman–Crippen MR) is 80.9 cm³/mol. The largest absolute Gasteiger partial charge is 0.326 e. The second kappa shape index (κ2) is 5.29. The SMILES string of the molecule is CC(Cl)c1nc2ccccc2n1CCc1cnn(C)c1. The summed E-state index contributed by atoms with van der Waals surface area (Å²) in [7, 11) is 1.93. The van der Waals surface area contributed by atoms with E-state index in [0.717, 1.165) is 29.8 Å². The molecule has 0 bridgehead atoms. The molecule has 0 fully saturated rings. The fourth-order valence-corrected chi connectivity index (χ4v) is 2.64. The molecule has 2 heterocycles. The highest BCUT2D eigenvalue weighted by atomic mass is 35.5. The summed E-state index contributed by atoms with van der Waals surface area (Å²) in [5, 5.41) is 4.10. The number of benzene rings is 1. The predicted octanol–water partition coefficient (Wildman–Crippen LogP) is 3.31. The van der Waals surface area contributed by atoms with E-state index in [2.05, 4.69) is 20.7 Å². The Labute approximate surface area is 123 Å². The summed E-state index contributed by atoms with van der Waals surface area (Å²) in [5.41, 5.74) is 3.36. The van der Waals surface area contributed by atoms with Gasteiger partial charge in [-0.25, -0.2) is 4.98 Å². The third-order valence-corrected chi connectivity index (χ3v) is 3.62. The number of hydrogen-bond acceptors (Lipinski definition) is 2. The lowest BCUT2D eigenvalue weighted by Crippen LogP contribution is -2.06. The third kappa shape index (κ3) is 2.43. The molecule has 0 saturated heterocycles. The van der Waals surface area contributed by atoms with Crippen LogP contribution in [-0.4, -0.2) is 19.3 Å². The highest BCUT2D eigenvalue weighted by molar-refractivity contribution is 6.20. The molecule has 0 radical (unpaired) electrons. The molecular weight excluding hydrogens is 272 g/mol. The first-order chi connectivity index (χ1) is 9.65. The molecule has 0 saturated carbocycles. The summed E-state index contributed by atoms with van der Waals surface area (Å²) in [6, 6.07) is 8.16. The number of hydrogen-bond donors (Lipinski definition) is 0. The van der Waals surface area contributed by atoms with E-state index in [9.17, 15) is 0 Å². The van der Waals surface area contributed by atoms with Crippen LogP contribution in [0.2, 0.25) is 0 Å². The van der Waals surface area contributed by atoms with Crippen molar-refractivity contribution >= 4 is 22.6 Å². The van der Waals surface area contributed by atoms with Crippen molar-refractivity contribution in [2.24, 2.45) is 7.05 Å². The van der Waals surface area contributed by atoms with Crippen molar-refractivity contribution in [2.45, 2.75) is 25.3 Å². The number of imidazole rings is 1. The van der Waals surface area contributed by atoms with Crippen molar-refractivity contribution in [3.8, 4) is 0 Å². The number of rotatable bonds is 4. The van der Waals surface area contributed by atoms with Gasteiger partial charge in [-0.2, -0.15) is 5.10 Å². The lowest BCUT2D eigenvalue weighted by molar-refractivity contribution is 0.667. The smallest absolute Gasteiger partial charge is 0.127 e. The van der Waals surface area contributed by atoms with E-state index in [1.54, 1.807) is 0 Å². The maximum absolute atomic E-state index is 6.27. The normalized spacial score (nSPS) is 12.9.